The third-order valence-electron chi connectivity index (χ3n) is 3.30. The van der Waals surface area contributed by atoms with Gasteiger partial charge in [0.2, 0.25) is 0 Å². The molecule has 0 fully saturated rings. The van der Waals surface area contributed by atoms with Crippen molar-refractivity contribution in [1.82, 2.24) is 9.97 Å². The number of H-pyrrole nitrogens is 1. The Morgan fingerprint density at radius 2 is 1.85 bits per heavy atom. The Morgan fingerprint density at radius 1 is 1.10 bits per heavy atom. The number of aromatic nitrogens is 2. The Balaban J connectivity index is 1.95. The fraction of sp³-hybridized carbons (Fsp3) is 0.235. The highest BCUT2D eigenvalue weighted by atomic mass is 32.2. The zero-order valence-corrected chi connectivity index (χ0v) is 12.8. The van der Waals surface area contributed by atoms with Gasteiger partial charge in [0.15, 0.2) is 0 Å². The normalized spacial score (nSPS) is 11.4. The molecule has 1 N–H and O–H groups in total. The first-order valence-electron chi connectivity index (χ1n) is 6.84. The highest BCUT2D eigenvalue weighted by Crippen LogP contribution is 2.28. The molecule has 0 aliphatic heterocycles. The summed E-state index contributed by atoms with van der Waals surface area (Å²) in [6.45, 7) is 6.53. The van der Waals surface area contributed by atoms with Crippen LogP contribution in [0, 0.1) is 6.92 Å². The molecule has 2 nitrogen and oxygen atoms in total. The monoisotopic (exact) mass is 282 g/mol. The average molecular weight is 282 g/mol. The lowest BCUT2D eigenvalue weighted by atomic mass is 10.1. The third kappa shape index (κ3) is 2.59. The first-order valence-corrected chi connectivity index (χ1v) is 7.72. The van der Waals surface area contributed by atoms with Gasteiger partial charge < -0.3 is 4.98 Å². The minimum atomic E-state index is 0.612. The van der Waals surface area contributed by atoms with Crippen LogP contribution >= 0.6 is 11.8 Å². The van der Waals surface area contributed by atoms with Crippen molar-refractivity contribution in [3.8, 4) is 11.1 Å². The molecule has 0 aliphatic carbocycles. The van der Waals surface area contributed by atoms with E-state index in [9.17, 15) is 0 Å². The molecule has 0 radical (unpaired) electrons. The van der Waals surface area contributed by atoms with E-state index in [0.717, 1.165) is 5.65 Å². The second-order valence-corrected chi connectivity index (χ2v) is 6.93. The Hall–Kier alpha value is -1.74. The van der Waals surface area contributed by atoms with Crippen LogP contribution in [0.1, 0.15) is 19.4 Å². The van der Waals surface area contributed by atoms with Crippen LogP contribution in [0.15, 0.2) is 47.6 Å². The van der Waals surface area contributed by atoms with Crippen LogP contribution in [-0.4, -0.2) is 15.2 Å². The lowest BCUT2D eigenvalue weighted by molar-refractivity contribution is 1.11. The molecule has 0 bridgehead atoms. The molecule has 0 aliphatic rings. The Labute approximate surface area is 123 Å². The molecular weight excluding hydrogens is 264 g/mol. The molecule has 0 amide bonds. The van der Waals surface area contributed by atoms with Gasteiger partial charge in [-0.2, -0.15) is 0 Å². The van der Waals surface area contributed by atoms with Crippen LogP contribution in [0.4, 0.5) is 0 Å². The van der Waals surface area contributed by atoms with Gasteiger partial charge in [-0.05, 0) is 36.2 Å². The van der Waals surface area contributed by atoms with Crippen LogP contribution in [0.25, 0.3) is 22.2 Å². The van der Waals surface area contributed by atoms with Gasteiger partial charge in [0.05, 0.1) is 0 Å². The lowest BCUT2D eigenvalue weighted by Crippen LogP contribution is -1.86. The summed E-state index contributed by atoms with van der Waals surface area (Å²) >= 11 is 1.89. The lowest BCUT2D eigenvalue weighted by Gasteiger charge is -2.06. The van der Waals surface area contributed by atoms with Crippen LogP contribution in [-0.2, 0) is 0 Å². The third-order valence-corrected chi connectivity index (χ3v) is 4.31. The van der Waals surface area contributed by atoms with Crippen molar-refractivity contribution in [2.24, 2.45) is 0 Å². The van der Waals surface area contributed by atoms with Crippen molar-refractivity contribution in [2.45, 2.75) is 30.9 Å². The quantitative estimate of drug-likeness (QED) is 0.682. The molecule has 20 heavy (non-hydrogen) atoms. The van der Waals surface area contributed by atoms with Crippen molar-refractivity contribution in [2.75, 3.05) is 0 Å². The zero-order chi connectivity index (χ0) is 14.1. The molecular formula is C17H18N2S. The number of aromatic amines is 1. The summed E-state index contributed by atoms with van der Waals surface area (Å²) in [6, 6.07) is 10.9. The van der Waals surface area contributed by atoms with Gasteiger partial charge >= 0.3 is 0 Å². The van der Waals surface area contributed by atoms with Gasteiger partial charge in [0, 0.05) is 33.5 Å². The van der Waals surface area contributed by atoms with Crippen molar-refractivity contribution < 1.29 is 0 Å². The molecule has 0 unspecified atom stereocenters. The minimum Gasteiger partial charge on any atom is -0.346 e. The number of hydrogen-bond acceptors (Lipinski definition) is 2. The molecule has 3 rings (SSSR count). The van der Waals surface area contributed by atoms with E-state index in [2.05, 4.69) is 61.1 Å². The minimum absolute atomic E-state index is 0.612. The van der Waals surface area contributed by atoms with Crippen molar-refractivity contribution in [3.05, 3.63) is 48.3 Å². The number of rotatable bonds is 3. The summed E-state index contributed by atoms with van der Waals surface area (Å²) in [5.41, 5.74) is 4.58. The topological polar surface area (TPSA) is 28.7 Å². The molecule has 3 aromatic rings. The Morgan fingerprint density at radius 3 is 2.55 bits per heavy atom. The Bertz CT molecular complexity index is 726. The van der Waals surface area contributed by atoms with Crippen molar-refractivity contribution >= 4 is 22.8 Å². The number of benzene rings is 1. The van der Waals surface area contributed by atoms with Crippen molar-refractivity contribution in [1.29, 1.82) is 0 Å². The molecule has 3 heteroatoms. The maximum atomic E-state index is 4.49. The molecule has 2 heterocycles. The standard InChI is InChI=1S/C17H18N2S/c1-11(2)20-15-6-4-13(5-7-15)14-8-16-12(3)9-18-17(16)19-10-14/h4-11H,1-3H3,(H,18,19). The van der Waals surface area contributed by atoms with Gasteiger partial charge in [0.1, 0.15) is 5.65 Å². The summed E-state index contributed by atoms with van der Waals surface area (Å²) in [7, 11) is 0. The first kappa shape index (κ1) is 13.3. The average Bonchev–Trinajstić information content (AvgIpc) is 2.80. The summed E-state index contributed by atoms with van der Waals surface area (Å²) < 4.78 is 0. The van der Waals surface area contributed by atoms with Gasteiger partial charge in [-0.15, -0.1) is 11.8 Å². The maximum Gasteiger partial charge on any atom is 0.137 e. The summed E-state index contributed by atoms with van der Waals surface area (Å²) in [6.07, 6.45) is 3.94. The smallest absolute Gasteiger partial charge is 0.137 e. The van der Waals surface area contributed by atoms with E-state index in [-0.39, 0.29) is 0 Å². The molecule has 102 valence electrons. The number of aryl methyl sites for hydroxylation is 1. The number of thioether (sulfide) groups is 1. The highest BCUT2D eigenvalue weighted by Gasteiger charge is 2.05. The predicted octanol–water partition coefficient (Wildman–Crippen LogP) is 5.04. The van der Waals surface area contributed by atoms with Gasteiger partial charge in [-0.3, -0.25) is 0 Å². The molecule has 0 atom stereocenters. The van der Waals surface area contributed by atoms with E-state index in [0.29, 0.717) is 5.25 Å². The van der Waals surface area contributed by atoms with E-state index in [1.807, 2.05) is 24.2 Å². The zero-order valence-electron chi connectivity index (χ0n) is 12.0. The van der Waals surface area contributed by atoms with Crippen molar-refractivity contribution in [3.63, 3.8) is 0 Å². The molecule has 0 spiro atoms. The molecule has 0 saturated carbocycles. The van der Waals surface area contributed by atoms with Gasteiger partial charge in [0.25, 0.3) is 0 Å². The molecule has 2 aromatic heterocycles. The second kappa shape index (κ2) is 5.33. The number of fused-ring (bicyclic) bond motifs is 1. The van der Waals surface area contributed by atoms with E-state index in [4.69, 9.17) is 0 Å². The van der Waals surface area contributed by atoms with Crippen LogP contribution in [0.2, 0.25) is 0 Å². The molecule has 0 saturated heterocycles. The largest absolute Gasteiger partial charge is 0.346 e. The highest BCUT2D eigenvalue weighted by molar-refractivity contribution is 7.99. The number of nitrogens with zero attached hydrogens (tertiary/aromatic N) is 1. The first-order chi connectivity index (χ1) is 9.63. The fourth-order valence-electron chi connectivity index (χ4n) is 2.29. The van der Waals surface area contributed by atoms with E-state index in [1.165, 1.54) is 27.0 Å². The van der Waals surface area contributed by atoms with Crippen LogP contribution < -0.4 is 0 Å². The fourth-order valence-corrected chi connectivity index (χ4v) is 3.13. The van der Waals surface area contributed by atoms with Crippen LogP contribution in [0.5, 0.6) is 0 Å². The summed E-state index contributed by atoms with van der Waals surface area (Å²) in [5, 5.41) is 1.81. The van der Waals surface area contributed by atoms with E-state index in [1.54, 1.807) is 0 Å². The van der Waals surface area contributed by atoms with Gasteiger partial charge in [-0.25, -0.2) is 4.98 Å². The maximum absolute atomic E-state index is 4.49. The second-order valence-electron chi connectivity index (χ2n) is 5.28. The summed E-state index contributed by atoms with van der Waals surface area (Å²) in [4.78, 5) is 8.99. The van der Waals surface area contributed by atoms with E-state index >= 15 is 0 Å². The van der Waals surface area contributed by atoms with Crippen LogP contribution in [0.3, 0.4) is 0 Å². The number of nitrogens with one attached hydrogen (secondary N) is 1. The molecule has 1 aromatic carbocycles. The number of hydrogen-bond donors (Lipinski definition) is 1. The number of pyridine rings is 1. The SMILES string of the molecule is Cc1c[nH]c2ncc(-c3ccc(SC(C)C)cc3)cc12. The van der Waals surface area contributed by atoms with E-state index < -0.39 is 0 Å². The Kier molecular flexibility index (Phi) is 3.53. The summed E-state index contributed by atoms with van der Waals surface area (Å²) in [5.74, 6) is 0. The predicted molar refractivity (Wildman–Crippen MR) is 87.3 cm³/mol. The van der Waals surface area contributed by atoms with Gasteiger partial charge in [-0.1, -0.05) is 26.0 Å².